The van der Waals surface area contributed by atoms with Crippen LogP contribution in [0.1, 0.15) is 32.7 Å². The standard InChI is InChI=1S/C21H23N3O2/c1-14-5-6-15(2)18(9-14)11-22-21(25)17-7-8-19(20(10-17)26-4)24-12-16(3)23-13-24/h5-10,12-13H,11H2,1-4H3,(H,22,25). The first kappa shape index (κ1) is 17.7. The lowest BCUT2D eigenvalue weighted by atomic mass is 10.1. The molecule has 2 aromatic carbocycles. The number of hydrogen-bond acceptors (Lipinski definition) is 3. The van der Waals surface area contributed by atoms with Crippen molar-refractivity contribution >= 4 is 5.91 Å². The van der Waals surface area contributed by atoms with Crippen LogP contribution >= 0.6 is 0 Å². The van der Waals surface area contributed by atoms with Crippen molar-refractivity contribution in [1.29, 1.82) is 0 Å². The van der Waals surface area contributed by atoms with Crippen LogP contribution in [-0.2, 0) is 6.54 Å². The second-order valence-corrected chi connectivity index (χ2v) is 6.42. The van der Waals surface area contributed by atoms with E-state index >= 15 is 0 Å². The van der Waals surface area contributed by atoms with Crippen LogP contribution in [-0.4, -0.2) is 22.6 Å². The molecule has 0 spiro atoms. The van der Waals surface area contributed by atoms with E-state index in [2.05, 4.69) is 28.5 Å². The van der Waals surface area contributed by atoms with Crippen LogP contribution in [0.3, 0.4) is 0 Å². The molecule has 1 aromatic heterocycles. The van der Waals surface area contributed by atoms with Gasteiger partial charge in [0.05, 0.1) is 24.8 Å². The maximum atomic E-state index is 12.5. The largest absolute Gasteiger partial charge is 0.495 e. The number of ether oxygens (including phenoxy) is 1. The van der Waals surface area contributed by atoms with Crippen molar-refractivity contribution in [1.82, 2.24) is 14.9 Å². The van der Waals surface area contributed by atoms with Crippen LogP contribution in [0, 0.1) is 20.8 Å². The highest BCUT2D eigenvalue weighted by Gasteiger charge is 2.12. The normalized spacial score (nSPS) is 10.6. The summed E-state index contributed by atoms with van der Waals surface area (Å²) in [5, 5.41) is 2.98. The molecule has 0 radical (unpaired) electrons. The summed E-state index contributed by atoms with van der Waals surface area (Å²) in [5.74, 6) is 0.499. The van der Waals surface area contributed by atoms with Gasteiger partial charge in [0, 0.05) is 18.3 Å². The molecular weight excluding hydrogens is 326 g/mol. The third kappa shape index (κ3) is 3.77. The molecule has 0 aliphatic carbocycles. The fourth-order valence-electron chi connectivity index (χ4n) is 2.85. The minimum atomic E-state index is -0.127. The number of methoxy groups -OCH3 is 1. The Labute approximate surface area is 153 Å². The van der Waals surface area contributed by atoms with E-state index in [1.807, 2.05) is 37.6 Å². The molecule has 0 unspecified atom stereocenters. The van der Waals surface area contributed by atoms with E-state index in [0.717, 1.165) is 16.9 Å². The minimum absolute atomic E-state index is 0.127. The zero-order chi connectivity index (χ0) is 18.7. The van der Waals surface area contributed by atoms with Gasteiger partial charge >= 0.3 is 0 Å². The van der Waals surface area contributed by atoms with Crippen molar-refractivity contribution < 1.29 is 9.53 Å². The molecule has 5 nitrogen and oxygen atoms in total. The molecule has 5 heteroatoms. The molecule has 0 fully saturated rings. The molecule has 0 saturated heterocycles. The van der Waals surface area contributed by atoms with E-state index in [-0.39, 0.29) is 5.91 Å². The number of imidazole rings is 1. The molecule has 1 heterocycles. The zero-order valence-corrected chi connectivity index (χ0v) is 15.5. The summed E-state index contributed by atoms with van der Waals surface area (Å²) in [4.78, 5) is 16.8. The van der Waals surface area contributed by atoms with Crippen LogP contribution in [0.25, 0.3) is 5.69 Å². The highest BCUT2D eigenvalue weighted by atomic mass is 16.5. The second-order valence-electron chi connectivity index (χ2n) is 6.42. The fourth-order valence-corrected chi connectivity index (χ4v) is 2.85. The SMILES string of the molecule is COc1cc(C(=O)NCc2cc(C)ccc2C)ccc1-n1cnc(C)c1. The molecule has 134 valence electrons. The van der Waals surface area contributed by atoms with Crippen molar-refractivity contribution in [2.75, 3.05) is 7.11 Å². The number of nitrogens with one attached hydrogen (secondary N) is 1. The number of hydrogen-bond donors (Lipinski definition) is 1. The third-order valence-electron chi connectivity index (χ3n) is 4.38. The Hall–Kier alpha value is -3.08. The number of aryl methyl sites for hydroxylation is 3. The number of nitrogens with zero attached hydrogens (tertiary/aromatic N) is 2. The average molecular weight is 349 g/mol. The Balaban J connectivity index is 1.78. The highest BCUT2D eigenvalue weighted by Crippen LogP contribution is 2.24. The quantitative estimate of drug-likeness (QED) is 0.763. The van der Waals surface area contributed by atoms with Gasteiger partial charge in [-0.25, -0.2) is 4.98 Å². The van der Waals surface area contributed by atoms with Crippen LogP contribution < -0.4 is 10.1 Å². The molecular formula is C21H23N3O2. The van der Waals surface area contributed by atoms with Gasteiger partial charge in [-0.3, -0.25) is 4.79 Å². The van der Waals surface area contributed by atoms with Crippen LogP contribution in [0.15, 0.2) is 48.9 Å². The van der Waals surface area contributed by atoms with Gasteiger partial charge in [0.1, 0.15) is 5.75 Å². The van der Waals surface area contributed by atoms with E-state index in [1.165, 1.54) is 11.1 Å². The molecule has 1 amide bonds. The fraction of sp³-hybridized carbons (Fsp3) is 0.238. The smallest absolute Gasteiger partial charge is 0.251 e. The Morgan fingerprint density at radius 1 is 1.15 bits per heavy atom. The average Bonchev–Trinajstić information content (AvgIpc) is 3.07. The number of carbonyl (C=O) groups is 1. The van der Waals surface area contributed by atoms with Crippen molar-refractivity contribution in [2.24, 2.45) is 0 Å². The summed E-state index contributed by atoms with van der Waals surface area (Å²) in [6.45, 7) is 6.52. The number of amides is 1. The summed E-state index contributed by atoms with van der Waals surface area (Å²) in [7, 11) is 1.60. The topological polar surface area (TPSA) is 56.1 Å². The molecule has 0 bridgehead atoms. The first-order valence-electron chi connectivity index (χ1n) is 8.51. The lowest BCUT2D eigenvalue weighted by molar-refractivity contribution is 0.0950. The van der Waals surface area contributed by atoms with Gasteiger partial charge < -0.3 is 14.6 Å². The first-order valence-corrected chi connectivity index (χ1v) is 8.51. The predicted molar refractivity (Wildman–Crippen MR) is 102 cm³/mol. The predicted octanol–water partition coefficient (Wildman–Crippen LogP) is 3.74. The molecule has 0 atom stereocenters. The van der Waals surface area contributed by atoms with E-state index in [0.29, 0.717) is 17.9 Å². The van der Waals surface area contributed by atoms with Crippen molar-refractivity contribution in [2.45, 2.75) is 27.3 Å². The summed E-state index contributed by atoms with van der Waals surface area (Å²) < 4.78 is 7.35. The summed E-state index contributed by atoms with van der Waals surface area (Å²) >= 11 is 0. The van der Waals surface area contributed by atoms with E-state index in [4.69, 9.17) is 4.74 Å². The Morgan fingerprint density at radius 3 is 2.65 bits per heavy atom. The second kappa shape index (κ2) is 7.44. The van der Waals surface area contributed by atoms with E-state index < -0.39 is 0 Å². The van der Waals surface area contributed by atoms with E-state index in [1.54, 1.807) is 25.6 Å². The Morgan fingerprint density at radius 2 is 1.96 bits per heavy atom. The minimum Gasteiger partial charge on any atom is -0.495 e. The maximum Gasteiger partial charge on any atom is 0.251 e. The van der Waals surface area contributed by atoms with Crippen molar-refractivity contribution in [3.05, 3.63) is 76.9 Å². The lowest BCUT2D eigenvalue weighted by Gasteiger charge is -2.12. The Bertz CT molecular complexity index is 944. The molecule has 26 heavy (non-hydrogen) atoms. The highest BCUT2D eigenvalue weighted by molar-refractivity contribution is 5.95. The Kier molecular flexibility index (Phi) is 5.07. The molecule has 0 aliphatic heterocycles. The van der Waals surface area contributed by atoms with E-state index in [9.17, 15) is 4.79 Å². The molecule has 1 N–H and O–H groups in total. The summed E-state index contributed by atoms with van der Waals surface area (Å²) in [5.41, 5.74) is 5.80. The summed E-state index contributed by atoms with van der Waals surface area (Å²) in [6, 6.07) is 11.7. The van der Waals surface area contributed by atoms with Gasteiger partial charge in [-0.2, -0.15) is 0 Å². The third-order valence-corrected chi connectivity index (χ3v) is 4.38. The van der Waals surface area contributed by atoms with Gasteiger partial charge in [-0.05, 0) is 50.1 Å². The zero-order valence-electron chi connectivity index (χ0n) is 15.5. The number of aromatic nitrogens is 2. The van der Waals surface area contributed by atoms with Gasteiger partial charge in [0.15, 0.2) is 0 Å². The summed E-state index contributed by atoms with van der Waals surface area (Å²) in [6.07, 6.45) is 3.64. The molecule has 0 aliphatic rings. The van der Waals surface area contributed by atoms with Gasteiger partial charge in [-0.1, -0.05) is 23.8 Å². The van der Waals surface area contributed by atoms with Crippen molar-refractivity contribution in [3.63, 3.8) is 0 Å². The molecule has 0 saturated carbocycles. The number of benzene rings is 2. The van der Waals surface area contributed by atoms with Gasteiger partial charge in [-0.15, -0.1) is 0 Å². The maximum absolute atomic E-state index is 12.5. The number of rotatable bonds is 5. The number of carbonyl (C=O) groups excluding carboxylic acids is 1. The van der Waals surface area contributed by atoms with Crippen LogP contribution in [0.2, 0.25) is 0 Å². The van der Waals surface area contributed by atoms with Crippen molar-refractivity contribution in [3.8, 4) is 11.4 Å². The monoisotopic (exact) mass is 349 g/mol. The lowest BCUT2D eigenvalue weighted by Crippen LogP contribution is -2.23. The van der Waals surface area contributed by atoms with Gasteiger partial charge in [0.2, 0.25) is 0 Å². The van der Waals surface area contributed by atoms with Crippen LogP contribution in [0.5, 0.6) is 5.75 Å². The van der Waals surface area contributed by atoms with Gasteiger partial charge in [0.25, 0.3) is 5.91 Å². The molecule has 3 aromatic rings. The van der Waals surface area contributed by atoms with Crippen LogP contribution in [0.4, 0.5) is 0 Å². The first-order chi connectivity index (χ1) is 12.5. The molecule has 3 rings (SSSR count).